The van der Waals surface area contributed by atoms with Crippen LogP contribution in [0.15, 0.2) is 30.3 Å². The molecule has 0 aliphatic rings. The van der Waals surface area contributed by atoms with Crippen molar-refractivity contribution in [2.45, 2.75) is 32.6 Å². The highest BCUT2D eigenvalue weighted by Crippen LogP contribution is 2.25. The molecule has 0 amide bonds. The van der Waals surface area contributed by atoms with Gasteiger partial charge in [-0.15, -0.1) is 0 Å². The van der Waals surface area contributed by atoms with E-state index in [1.165, 1.54) is 5.56 Å². The molecule has 0 unspecified atom stereocenters. The molecule has 1 aromatic heterocycles. The molecule has 0 aliphatic heterocycles. The topological polar surface area (TPSA) is 53.1 Å². The van der Waals surface area contributed by atoms with E-state index >= 15 is 0 Å². The summed E-state index contributed by atoms with van der Waals surface area (Å²) in [5, 5.41) is 4.31. The second-order valence-corrected chi connectivity index (χ2v) is 6.06. The van der Waals surface area contributed by atoms with Crippen molar-refractivity contribution in [3.63, 3.8) is 0 Å². The second kappa shape index (κ2) is 5.57. The first-order valence-corrected chi connectivity index (χ1v) is 6.88. The maximum absolute atomic E-state index is 5.80. The molecule has 2 N–H and O–H groups in total. The SMILES string of the molecule is Cn1nc(CCOc2cccc(C(C)(C)C)c2)cc1N. The third-order valence-electron chi connectivity index (χ3n) is 3.29. The lowest BCUT2D eigenvalue weighted by molar-refractivity contribution is 0.319. The summed E-state index contributed by atoms with van der Waals surface area (Å²) in [7, 11) is 1.84. The molecular weight excluding hydrogens is 250 g/mol. The van der Waals surface area contributed by atoms with Crippen molar-refractivity contribution in [2.75, 3.05) is 12.3 Å². The predicted octanol–water partition coefficient (Wildman–Crippen LogP) is 2.92. The van der Waals surface area contributed by atoms with E-state index in [-0.39, 0.29) is 5.41 Å². The molecule has 4 heteroatoms. The van der Waals surface area contributed by atoms with E-state index < -0.39 is 0 Å². The molecule has 0 radical (unpaired) electrons. The largest absolute Gasteiger partial charge is 0.493 e. The van der Waals surface area contributed by atoms with Gasteiger partial charge < -0.3 is 10.5 Å². The fourth-order valence-electron chi connectivity index (χ4n) is 1.99. The fourth-order valence-corrected chi connectivity index (χ4v) is 1.99. The van der Waals surface area contributed by atoms with Gasteiger partial charge in [0.1, 0.15) is 11.6 Å². The zero-order valence-electron chi connectivity index (χ0n) is 12.7. The first kappa shape index (κ1) is 14.4. The van der Waals surface area contributed by atoms with E-state index in [2.05, 4.69) is 38.0 Å². The van der Waals surface area contributed by atoms with Crippen molar-refractivity contribution in [1.29, 1.82) is 0 Å². The molecule has 1 aromatic carbocycles. The van der Waals surface area contributed by atoms with Gasteiger partial charge in [0.15, 0.2) is 0 Å². The van der Waals surface area contributed by atoms with Crippen LogP contribution >= 0.6 is 0 Å². The number of hydrogen-bond donors (Lipinski definition) is 1. The Bertz CT molecular complexity index is 562. The molecule has 20 heavy (non-hydrogen) atoms. The molecule has 0 aliphatic carbocycles. The summed E-state index contributed by atoms with van der Waals surface area (Å²) in [6.45, 7) is 7.19. The maximum Gasteiger partial charge on any atom is 0.121 e. The number of aryl methyl sites for hydroxylation is 1. The van der Waals surface area contributed by atoms with Gasteiger partial charge in [-0.25, -0.2) is 0 Å². The average Bonchev–Trinajstić information content (AvgIpc) is 2.68. The normalized spacial score (nSPS) is 11.6. The summed E-state index contributed by atoms with van der Waals surface area (Å²) in [6, 6.07) is 10.1. The number of anilines is 1. The molecule has 0 saturated heterocycles. The Labute approximate surface area is 120 Å². The number of nitrogens with zero attached hydrogens (tertiary/aromatic N) is 2. The summed E-state index contributed by atoms with van der Waals surface area (Å²) in [6.07, 6.45) is 0.755. The number of aromatic nitrogens is 2. The molecule has 0 fully saturated rings. The van der Waals surface area contributed by atoms with Crippen molar-refractivity contribution in [3.05, 3.63) is 41.6 Å². The van der Waals surface area contributed by atoms with Gasteiger partial charge in [-0.1, -0.05) is 32.9 Å². The van der Waals surface area contributed by atoms with Crippen molar-refractivity contribution in [3.8, 4) is 5.75 Å². The molecule has 2 aromatic rings. The van der Waals surface area contributed by atoms with E-state index in [1.54, 1.807) is 4.68 Å². The highest BCUT2D eigenvalue weighted by atomic mass is 16.5. The van der Waals surface area contributed by atoms with Crippen molar-refractivity contribution >= 4 is 5.82 Å². The summed E-state index contributed by atoms with van der Waals surface area (Å²) in [5.74, 6) is 1.58. The summed E-state index contributed by atoms with van der Waals surface area (Å²) in [4.78, 5) is 0. The van der Waals surface area contributed by atoms with Gasteiger partial charge in [-0.05, 0) is 23.1 Å². The number of hydrogen-bond acceptors (Lipinski definition) is 3. The van der Waals surface area contributed by atoms with Crippen molar-refractivity contribution < 1.29 is 4.74 Å². The lowest BCUT2D eigenvalue weighted by Gasteiger charge is -2.19. The highest BCUT2D eigenvalue weighted by Gasteiger charge is 2.13. The fraction of sp³-hybridized carbons (Fsp3) is 0.438. The smallest absolute Gasteiger partial charge is 0.121 e. The third kappa shape index (κ3) is 3.53. The Morgan fingerprint density at radius 1 is 1.25 bits per heavy atom. The Hall–Kier alpha value is -1.97. The van der Waals surface area contributed by atoms with Gasteiger partial charge >= 0.3 is 0 Å². The van der Waals surface area contributed by atoms with Gasteiger partial charge in [0.25, 0.3) is 0 Å². The minimum atomic E-state index is 0.134. The van der Waals surface area contributed by atoms with Crippen LogP contribution in [0.25, 0.3) is 0 Å². The van der Waals surface area contributed by atoms with Crippen LogP contribution in [0.5, 0.6) is 5.75 Å². The van der Waals surface area contributed by atoms with Crippen LogP contribution in [-0.4, -0.2) is 16.4 Å². The minimum Gasteiger partial charge on any atom is -0.493 e. The zero-order chi connectivity index (χ0) is 14.8. The van der Waals surface area contributed by atoms with Crippen LogP contribution in [0.3, 0.4) is 0 Å². The number of ether oxygens (including phenoxy) is 1. The van der Waals surface area contributed by atoms with Gasteiger partial charge in [-0.2, -0.15) is 5.10 Å². The van der Waals surface area contributed by atoms with Crippen molar-refractivity contribution in [2.24, 2.45) is 7.05 Å². The van der Waals surface area contributed by atoms with Crippen LogP contribution in [0.1, 0.15) is 32.0 Å². The summed E-state index contributed by atoms with van der Waals surface area (Å²) in [5.41, 5.74) is 8.12. The zero-order valence-corrected chi connectivity index (χ0v) is 12.7. The molecular formula is C16H23N3O. The van der Waals surface area contributed by atoms with Gasteiger partial charge in [-0.3, -0.25) is 4.68 Å². The number of nitrogens with two attached hydrogens (primary N) is 1. The van der Waals surface area contributed by atoms with Crippen LogP contribution in [-0.2, 0) is 18.9 Å². The molecule has 2 rings (SSSR count). The molecule has 0 saturated carbocycles. The number of benzene rings is 1. The Morgan fingerprint density at radius 3 is 2.60 bits per heavy atom. The summed E-state index contributed by atoms with van der Waals surface area (Å²) < 4.78 is 7.48. The molecule has 0 spiro atoms. The lowest BCUT2D eigenvalue weighted by Crippen LogP contribution is -2.11. The van der Waals surface area contributed by atoms with E-state index in [4.69, 9.17) is 10.5 Å². The molecule has 108 valence electrons. The second-order valence-electron chi connectivity index (χ2n) is 6.06. The molecule has 0 bridgehead atoms. The van der Waals surface area contributed by atoms with Crippen LogP contribution < -0.4 is 10.5 Å². The van der Waals surface area contributed by atoms with Gasteiger partial charge in [0.05, 0.1) is 12.3 Å². The Balaban J connectivity index is 1.94. The van der Waals surface area contributed by atoms with Crippen LogP contribution in [0, 0.1) is 0 Å². The minimum absolute atomic E-state index is 0.134. The number of nitrogen functional groups attached to an aromatic ring is 1. The first-order valence-electron chi connectivity index (χ1n) is 6.88. The van der Waals surface area contributed by atoms with Gasteiger partial charge in [0, 0.05) is 19.5 Å². The van der Waals surface area contributed by atoms with Crippen LogP contribution in [0.4, 0.5) is 5.82 Å². The Morgan fingerprint density at radius 2 is 2.00 bits per heavy atom. The first-order chi connectivity index (χ1) is 9.36. The highest BCUT2D eigenvalue weighted by molar-refractivity contribution is 5.33. The number of rotatable bonds is 4. The summed E-state index contributed by atoms with van der Waals surface area (Å²) >= 11 is 0. The lowest BCUT2D eigenvalue weighted by atomic mass is 9.87. The van der Waals surface area contributed by atoms with Crippen LogP contribution in [0.2, 0.25) is 0 Å². The van der Waals surface area contributed by atoms with E-state index in [9.17, 15) is 0 Å². The van der Waals surface area contributed by atoms with E-state index in [0.29, 0.717) is 12.4 Å². The molecule has 4 nitrogen and oxygen atoms in total. The third-order valence-corrected chi connectivity index (χ3v) is 3.29. The average molecular weight is 273 g/mol. The standard InChI is InChI=1S/C16H23N3O/c1-16(2,3)12-6-5-7-14(10-12)20-9-8-13-11-15(17)19(4)18-13/h5-7,10-11H,8-9,17H2,1-4H3. The quantitative estimate of drug-likeness (QED) is 0.932. The maximum atomic E-state index is 5.80. The van der Waals surface area contributed by atoms with Crippen molar-refractivity contribution in [1.82, 2.24) is 9.78 Å². The van der Waals surface area contributed by atoms with Gasteiger partial charge in [0.2, 0.25) is 0 Å². The molecule has 1 heterocycles. The van der Waals surface area contributed by atoms with E-state index in [0.717, 1.165) is 17.9 Å². The molecule has 0 atom stereocenters. The predicted molar refractivity (Wildman–Crippen MR) is 82.0 cm³/mol. The monoisotopic (exact) mass is 273 g/mol. The van der Waals surface area contributed by atoms with E-state index in [1.807, 2.05) is 25.2 Å². The Kier molecular flexibility index (Phi) is 4.02.